The Morgan fingerprint density at radius 3 is 2.65 bits per heavy atom. The number of ether oxygens (including phenoxy) is 1. The number of carbonyl (C=O) groups is 1. The van der Waals surface area contributed by atoms with Crippen molar-refractivity contribution in [3.63, 3.8) is 0 Å². The lowest BCUT2D eigenvalue weighted by molar-refractivity contribution is 0.0489. The zero-order valence-corrected chi connectivity index (χ0v) is 11.9. The number of nitrogens with two attached hydrogens (primary N) is 1. The molecule has 7 heteroatoms. The number of hydrogen-bond donors (Lipinski definition) is 1. The molecule has 20 heavy (non-hydrogen) atoms. The maximum absolute atomic E-state index is 13.7. The average Bonchev–Trinajstić information content (AvgIpc) is 3.11. The third-order valence-corrected chi connectivity index (χ3v) is 4.30. The molecule has 5 nitrogen and oxygen atoms in total. The number of esters is 1. The van der Waals surface area contributed by atoms with E-state index in [1.165, 1.54) is 6.92 Å². The van der Waals surface area contributed by atoms with Gasteiger partial charge in [-0.1, -0.05) is 12.8 Å². The second-order valence-electron chi connectivity index (χ2n) is 5.01. The molecule has 0 atom stereocenters. The molecule has 0 spiro atoms. The smallest absolute Gasteiger partial charge is 0.341 e. The summed E-state index contributed by atoms with van der Waals surface area (Å²) in [6, 6.07) is 1.90. The second-order valence-corrected chi connectivity index (χ2v) is 6.54. The zero-order valence-electron chi connectivity index (χ0n) is 11.1. The number of carbonyl (C=O) groups excluding carboxylic acids is 1. The molecule has 1 fully saturated rings. The van der Waals surface area contributed by atoms with Gasteiger partial charge in [-0.2, -0.15) is 0 Å². The van der Waals surface area contributed by atoms with Gasteiger partial charge in [0.25, 0.3) is 0 Å². The summed E-state index contributed by atoms with van der Waals surface area (Å²) in [5, 5.41) is 5.02. The zero-order chi connectivity index (χ0) is 14.9. The molecule has 1 aromatic carbocycles. The number of rotatable bonds is 5. The summed E-state index contributed by atoms with van der Waals surface area (Å²) >= 11 is 0. The van der Waals surface area contributed by atoms with Crippen LogP contribution in [0.3, 0.4) is 0 Å². The maximum Gasteiger partial charge on any atom is 0.341 e. The fourth-order valence-electron chi connectivity index (χ4n) is 1.92. The van der Waals surface area contributed by atoms with Gasteiger partial charge in [0, 0.05) is 0 Å². The Morgan fingerprint density at radius 2 is 2.10 bits per heavy atom. The highest BCUT2D eigenvalue weighted by atomic mass is 32.2. The third kappa shape index (κ3) is 3.55. The van der Waals surface area contributed by atoms with Crippen LogP contribution in [0.15, 0.2) is 17.0 Å². The lowest BCUT2D eigenvalue weighted by Crippen LogP contribution is -2.16. The van der Waals surface area contributed by atoms with Crippen LogP contribution in [0.4, 0.5) is 4.39 Å². The predicted octanol–water partition coefficient (Wildman–Crippen LogP) is 1.74. The molecule has 2 rings (SSSR count). The summed E-state index contributed by atoms with van der Waals surface area (Å²) in [4.78, 5) is 11.5. The van der Waals surface area contributed by atoms with Gasteiger partial charge in [-0.05, 0) is 37.0 Å². The molecule has 110 valence electrons. The Labute approximate surface area is 117 Å². The second kappa shape index (κ2) is 5.49. The van der Waals surface area contributed by atoms with Crippen LogP contribution in [0.1, 0.15) is 35.2 Å². The van der Waals surface area contributed by atoms with Gasteiger partial charge in [0.2, 0.25) is 10.0 Å². The number of sulfonamides is 1. The molecule has 0 radical (unpaired) electrons. The molecule has 0 amide bonds. The Kier molecular flexibility index (Phi) is 4.10. The van der Waals surface area contributed by atoms with Crippen LogP contribution in [-0.2, 0) is 14.8 Å². The molecule has 0 unspecified atom stereocenters. The summed E-state index contributed by atoms with van der Waals surface area (Å²) < 4.78 is 41.4. The topological polar surface area (TPSA) is 86.5 Å². The van der Waals surface area contributed by atoms with Crippen molar-refractivity contribution in [2.24, 2.45) is 11.1 Å². The van der Waals surface area contributed by atoms with Gasteiger partial charge in [-0.25, -0.2) is 22.7 Å². The highest BCUT2D eigenvalue weighted by Crippen LogP contribution is 2.32. The first kappa shape index (κ1) is 14.9. The minimum atomic E-state index is -4.00. The molecule has 1 aromatic rings. The molecule has 0 saturated heterocycles. The highest BCUT2D eigenvalue weighted by Gasteiger charge is 2.23. The molecule has 0 aromatic heterocycles. The molecular weight excluding hydrogens is 285 g/mol. The van der Waals surface area contributed by atoms with Crippen molar-refractivity contribution in [2.75, 3.05) is 6.61 Å². The fourth-order valence-corrected chi connectivity index (χ4v) is 2.71. The minimum Gasteiger partial charge on any atom is -0.462 e. The van der Waals surface area contributed by atoms with Crippen molar-refractivity contribution in [1.82, 2.24) is 0 Å². The summed E-state index contributed by atoms with van der Waals surface area (Å²) in [5.74, 6) is -1.09. The van der Waals surface area contributed by atoms with Crippen LogP contribution in [0.2, 0.25) is 0 Å². The van der Waals surface area contributed by atoms with E-state index in [4.69, 9.17) is 9.88 Å². The first-order chi connectivity index (χ1) is 9.29. The van der Waals surface area contributed by atoms with Crippen LogP contribution in [-0.4, -0.2) is 21.0 Å². The number of halogens is 1. The van der Waals surface area contributed by atoms with Crippen LogP contribution >= 0.6 is 0 Å². The number of primary sulfonamides is 1. The molecule has 1 aliphatic rings. The first-order valence-electron chi connectivity index (χ1n) is 6.29. The largest absolute Gasteiger partial charge is 0.462 e. The van der Waals surface area contributed by atoms with Gasteiger partial charge in [0.15, 0.2) is 0 Å². The fraction of sp³-hybridized carbons (Fsp3) is 0.462. The molecule has 0 aliphatic heterocycles. The maximum atomic E-state index is 13.7. The molecule has 2 N–H and O–H groups in total. The summed E-state index contributed by atoms with van der Waals surface area (Å²) in [6.07, 6.45) is 3.01. The average molecular weight is 301 g/mol. The van der Waals surface area contributed by atoms with Crippen molar-refractivity contribution < 1.29 is 22.3 Å². The number of hydrogen-bond acceptors (Lipinski definition) is 4. The number of benzene rings is 1. The quantitative estimate of drug-likeness (QED) is 0.839. The SMILES string of the molecule is Cc1cc(F)c(C(=O)OCCC2CC2)cc1S(N)(=O)=O. The molecule has 1 aliphatic carbocycles. The van der Waals surface area contributed by atoms with Crippen molar-refractivity contribution in [1.29, 1.82) is 0 Å². The van der Waals surface area contributed by atoms with Gasteiger partial charge >= 0.3 is 5.97 Å². The predicted molar refractivity (Wildman–Crippen MR) is 70.1 cm³/mol. The third-order valence-electron chi connectivity index (χ3n) is 3.25. The minimum absolute atomic E-state index is 0.152. The van der Waals surface area contributed by atoms with E-state index in [9.17, 15) is 17.6 Å². The molecule has 0 heterocycles. The monoisotopic (exact) mass is 301 g/mol. The van der Waals surface area contributed by atoms with Gasteiger partial charge < -0.3 is 4.74 Å². The summed E-state index contributed by atoms with van der Waals surface area (Å²) in [7, 11) is -4.00. The van der Waals surface area contributed by atoms with E-state index in [1.54, 1.807) is 0 Å². The standard InChI is InChI=1S/C13H16FNO4S/c1-8-6-11(14)10(7-12(8)20(15,17)18)13(16)19-5-4-9-2-3-9/h6-7,9H,2-5H2,1H3,(H2,15,17,18). The van der Waals surface area contributed by atoms with Crippen LogP contribution in [0.5, 0.6) is 0 Å². The van der Waals surface area contributed by atoms with Crippen molar-refractivity contribution in [3.8, 4) is 0 Å². The van der Waals surface area contributed by atoms with E-state index in [-0.39, 0.29) is 17.1 Å². The van der Waals surface area contributed by atoms with E-state index in [0.29, 0.717) is 5.92 Å². The van der Waals surface area contributed by atoms with E-state index in [0.717, 1.165) is 31.4 Å². The van der Waals surface area contributed by atoms with Crippen molar-refractivity contribution >= 4 is 16.0 Å². The van der Waals surface area contributed by atoms with E-state index in [1.807, 2.05) is 0 Å². The van der Waals surface area contributed by atoms with E-state index < -0.39 is 27.4 Å². The highest BCUT2D eigenvalue weighted by molar-refractivity contribution is 7.89. The molecule has 0 bridgehead atoms. The van der Waals surface area contributed by atoms with Gasteiger partial charge in [0.05, 0.1) is 17.1 Å². The normalized spacial score (nSPS) is 15.2. The lowest BCUT2D eigenvalue weighted by Gasteiger charge is -2.09. The molecule has 1 saturated carbocycles. The Morgan fingerprint density at radius 1 is 1.45 bits per heavy atom. The van der Waals surface area contributed by atoms with E-state index in [2.05, 4.69) is 0 Å². The Bertz CT molecular complexity index is 638. The molecular formula is C13H16FNO4S. The summed E-state index contributed by atoms with van der Waals surface area (Å²) in [6.45, 7) is 1.62. The van der Waals surface area contributed by atoms with Crippen LogP contribution in [0, 0.1) is 18.7 Å². The first-order valence-corrected chi connectivity index (χ1v) is 7.83. The Hall–Kier alpha value is -1.47. The van der Waals surface area contributed by atoms with Crippen LogP contribution < -0.4 is 5.14 Å². The Balaban J connectivity index is 2.19. The number of aryl methyl sites for hydroxylation is 1. The van der Waals surface area contributed by atoms with E-state index >= 15 is 0 Å². The summed E-state index contributed by atoms with van der Waals surface area (Å²) in [5.41, 5.74) is -0.255. The van der Waals surface area contributed by atoms with Crippen molar-refractivity contribution in [2.45, 2.75) is 31.1 Å². The van der Waals surface area contributed by atoms with Crippen molar-refractivity contribution in [3.05, 3.63) is 29.1 Å². The van der Waals surface area contributed by atoms with Gasteiger partial charge in [0.1, 0.15) is 5.82 Å². The lowest BCUT2D eigenvalue weighted by atomic mass is 10.1. The van der Waals surface area contributed by atoms with Gasteiger partial charge in [-0.15, -0.1) is 0 Å². The van der Waals surface area contributed by atoms with Gasteiger partial charge in [-0.3, -0.25) is 0 Å². The van der Waals surface area contributed by atoms with Crippen LogP contribution in [0.25, 0.3) is 0 Å².